The first kappa shape index (κ1) is 19.7. The van der Waals surface area contributed by atoms with E-state index in [1.54, 1.807) is 11.3 Å². The van der Waals surface area contributed by atoms with Crippen LogP contribution in [0.2, 0.25) is 0 Å². The zero-order valence-corrected chi connectivity index (χ0v) is 18.5. The summed E-state index contributed by atoms with van der Waals surface area (Å²) in [5.74, 6) is 0.983. The maximum absolute atomic E-state index is 13.3. The Morgan fingerprint density at radius 2 is 2.10 bits per heavy atom. The molecule has 0 spiro atoms. The van der Waals surface area contributed by atoms with E-state index < -0.39 is 0 Å². The van der Waals surface area contributed by atoms with Gasteiger partial charge in [0.1, 0.15) is 0 Å². The second-order valence-electron chi connectivity index (χ2n) is 8.99. The van der Waals surface area contributed by atoms with E-state index in [0.29, 0.717) is 18.4 Å². The molecule has 158 valence electrons. The SMILES string of the molecule is CN(Cc1ccsc1)Cc1ccc2n(c1=O)C[C@H]1C[C@@H]2CN(Cc2cncn2C)C1. The van der Waals surface area contributed by atoms with Crippen molar-refractivity contribution in [2.45, 2.75) is 38.5 Å². The van der Waals surface area contributed by atoms with Crippen LogP contribution < -0.4 is 5.56 Å². The van der Waals surface area contributed by atoms with Crippen LogP contribution in [0.1, 0.15) is 34.9 Å². The van der Waals surface area contributed by atoms with Gasteiger partial charge in [-0.15, -0.1) is 0 Å². The molecule has 0 aliphatic carbocycles. The van der Waals surface area contributed by atoms with Crippen molar-refractivity contribution in [2.75, 3.05) is 20.1 Å². The predicted molar refractivity (Wildman–Crippen MR) is 120 cm³/mol. The van der Waals surface area contributed by atoms with Crippen molar-refractivity contribution in [3.63, 3.8) is 0 Å². The molecule has 1 fully saturated rings. The topological polar surface area (TPSA) is 46.3 Å². The molecule has 2 atom stereocenters. The summed E-state index contributed by atoms with van der Waals surface area (Å²) in [6.07, 6.45) is 5.02. The summed E-state index contributed by atoms with van der Waals surface area (Å²) < 4.78 is 4.18. The first-order chi connectivity index (χ1) is 14.6. The average Bonchev–Trinajstić information content (AvgIpc) is 3.36. The molecule has 2 bridgehead atoms. The highest BCUT2D eigenvalue weighted by Crippen LogP contribution is 2.35. The maximum atomic E-state index is 13.3. The summed E-state index contributed by atoms with van der Waals surface area (Å²) in [5.41, 5.74) is 4.89. The lowest BCUT2D eigenvalue weighted by atomic mass is 9.83. The molecule has 3 aromatic rings. The van der Waals surface area contributed by atoms with E-state index in [0.717, 1.165) is 38.3 Å². The number of aryl methyl sites for hydroxylation is 1. The smallest absolute Gasteiger partial charge is 0.255 e. The van der Waals surface area contributed by atoms with E-state index in [-0.39, 0.29) is 5.56 Å². The lowest BCUT2D eigenvalue weighted by Gasteiger charge is -2.43. The monoisotopic (exact) mass is 423 g/mol. The van der Waals surface area contributed by atoms with Crippen LogP contribution in [0.5, 0.6) is 0 Å². The van der Waals surface area contributed by atoms with Gasteiger partial charge in [0, 0.05) is 69.7 Å². The van der Waals surface area contributed by atoms with E-state index >= 15 is 0 Å². The minimum Gasteiger partial charge on any atom is -0.337 e. The largest absolute Gasteiger partial charge is 0.337 e. The van der Waals surface area contributed by atoms with Gasteiger partial charge in [0.05, 0.1) is 12.0 Å². The van der Waals surface area contributed by atoms with Crippen LogP contribution in [0.4, 0.5) is 0 Å². The van der Waals surface area contributed by atoms with E-state index in [1.807, 2.05) is 12.5 Å². The molecule has 3 aromatic heterocycles. The minimum absolute atomic E-state index is 0.208. The molecule has 2 aliphatic rings. The molecule has 5 heterocycles. The number of pyridine rings is 1. The number of hydrogen-bond donors (Lipinski definition) is 0. The third kappa shape index (κ3) is 3.89. The Labute approximate surface area is 181 Å². The summed E-state index contributed by atoms with van der Waals surface area (Å²) >= 11 is 1.72. The van der Waals surface area contributed by atoms with Crippen LogP contribution in [0, 0.1) is 5.92 Å². The normalized spacial score (nSPS) is 21.2. The van der Waals surface area contributed by atoms with Crippen LogP contribution >= 0.6 is 11.3 Å². The molecule has 0 unspecified atom stereocenters. The van der Waals surface area contributed by atoms with Crippen molar-refractivity contribution in [3.8, 4) is 0 Å². The number of likely N-dealkylation sites (tertiary alicyclic amines) is 1. The van der Waals surface area contributed by atoms with Gasteiger partial charge in [-0.2, -0.15) is 11.3 Å². The second-order valence-corrected chi connectivity index (χ2v) is 9.77. The van der Waals surface area contributed by atoms with Crippen molar-refractivity contribution in [1.29, 1.82) is 0 Å². The third-order valence-electron chi connectivity index (χ3n) is 6.53. The third-order valence-corrected chi connectivity index (χ3v) is 7.27. The number of rotatable bonds is 6. The van der Waals surface area contributed by atoms with Crippen LogP contribution in [0.15, 0.2) is 46.3 Å². The van der Waals surface area contributed by atoms with Gasteiger partial charge in [-0.3, -0.25) is 14.6 Å². The molecule has 0 N–H and O–H groups in total. The number of fused-ring (bicyclic) bond motifs is 4. The number of piperidine rings is 1. The molecule has 7 heteroatoms. The maximum Gasteiger partial charge on any atom is 0.255 e. The van der Waals surface area contributed by atoms with Gasteiger partial charge >= 0.3 is 0 Å². The summed E-state index contributed by atoms with van der Waals surface area (Å²) in [6, 6.07) is 6.43. The highest BCUT2D eigenvalue weighted by molar-refractivity contribution is 7.07. The Hall–Kier alpha value is -2.22. The summed E-state index contributed by atoms with van der Waals surface area (Å²) in [6.45, 7) is 5.40. The molecule has 0 amide bonds. The predicted octanol–water partition coefficient (Wildman–Crippen LogP) is 2.89. The fourth-order valence-electron chi connectivity index (χ4n) is 5.15. The molecule has 6 nitrogen and oxygen atoms in total. The van der Waals surface area contributed by atoms with Gasteiger partial charge in [-0.05, 0) is 47.8 Å². The molecule has 0 radical (unpaired) electrons. The number of imidazole rings is 1. The molecular formula is C23H29N5OS. The lowest BCUT2D eigenvalue weighted by Crippen LogP contribution is -2.47. The van der Waals surface area contributed by atoms with Crippen LogP contribution in [-0.4, -0.2) is 44.1 Å². The summed E-state index contributed by atoms with van der Waals surface area (Å²) in [4.78, 5) is 22.3. The first-order valence-corrected chi connectivity index (χ1v) is 11.6. The molecule has 5 rings (SSSR count). The molecular weight excluding hydrogens is 394 g/mol. The van der Waals surface area contributed by atoms with Gasteiger partial charge in [0.25, 0.3) is 5.56 Å². The molecule has 1 saturated heterocycles. The standard InChI is InChI=1S/C23H29N5OS/c1-25(9-17-5-6-30-15-17)12-19-3-4-22-20-7-18(11-28(22)23(19)29)10-27(13-20)14-21-8-24-16-26(21)2/h3-6,8,15-16,18,20H,7,9-14H2,1-2H3/t18-,20+/m0/s1. The number of aromatic nitrogens is 3. The summed E-state index contributed by atoms with van der Waals surface area (Å²) in [5, 5.41) is 4.28. The highest BCUT2D eigenvalue weighted by atomic mass is 32.1. The first-order valence-electron chi connectivity index (χ1n) is 10.7. The Bertz CT molecular complexity index is 1070. The number of nitrogens with zero attached hydrogens (tertiary/aromatic N) is 5. The van der Waals surface area contributed by atoms with Crippen molar-refractivity contribution in [1.82, 2.24) is 23.9 Å². The second kappa shape index (κ2) is 8.13. The van der Waals surface area contributed by atoms with E-state index in [2.05, 4.69) is 67.0 Å². The van der Waals surface area contributed by atoms with Gasteiger partial charge in [0.15, 0.2) is 0 Å². The van der Waals surface area contributed by atoms with E-state index in [9.17, 15) is 4.79 Å². The highest BCUT2D eigenvalue weighted by Gasteiger charge is 2.35. The average molecular weight is 424 g/mol. The van der Waals surface area contributed by atoms with Crippen molar-refractivity contribution >= 4 is 11.3 Å². The lowest BCUT2D eigenvalue weighted by molar-refractivity contribution is 0.112. The minimum atomic E-state index is 0.208. The summed E-state index contributed by atoms with van der Waals surface area (Å²) in [7, 11) is 4.14. The molecule has 30 heavy (non-hydrogen) atoms. The van der Waals surface area contributed by atoms with Crippen molar-refractivity contribution in [3.05, 3.63) is 74.4 Å². The zero-order chi connectivity index (χ0) is 20.7. The van der Waals surface area contributed by atoms with E-state index in [1.165, 1.54) is 23.4 Å². The fourth-order valence-corrected chi connectivity index (χ4v) is 5.81. The van der Waals surface area contributed by atoms with Gasteiger partial charge in [-0.25, -0.2) is 4.98 Å². The van der Waals surface area contributed by atoms with Crippen molar-refractivity contribution in [2.24, 2.45) is 13.0 Å². The molecule has 2 aliphatic heterocycles. The molecule has 0 saturated carbocycles. The number of thiophene rings is 1. The quantitative estimate of drug-likeness (QED) is 0.612. The fraction of sp³-hybridized carbons (Fsp3) is 0.478. The zero-order valence-electron chi connectivity index (χ0n) is 17.7. The Kier molecular flexibility index (Phi) is 5.35. The van der Waals surface area contributed by atoms with Crippen LogP contribution in [0.3, 0.4) is 0 Å². The van der Waals surface area contributed by atoms with Crippen LogP contribution in [-0.2, 0) is 33.2 Å². The van der Waals surface area contributed by atoms with Gasteiger partial charge in [0.2, 0.25) is 0 Å². The van der Waals surface area contributed by atoms with Gasteiger partial charge in [-0.1, -0.05) is 6.07 Å². The van der Waals surface area contributed by atoms with Crippen LogP contribution in [0.25, 0.3) is 0 Å². The van der Waals surface area contributed by atoms with Gasteiger partial charge < -0.3 is 9.13 Å². The number of hydrogen-bond acceptors (Lipinski definition) is 5. The Morgan fingerprint density at radius 3 is 2.87 bits per heavy atom. The Morgan fingerprint density at radius 1 is 1.20 bits per heavy atom. The van der Waals surface area contributed by atoms with E-state index in [4.69, 9.17) is 0 Å². The molecule has 0 aromatic carbocycles. The van der Waals surface area contributed by atoms with Crippen molar-refractivity contribution < 1.29 is 0 Å². The Balaban J connectivity index is 1.32.